The normalized spacial score (nSPS) is 14.7. The molecule has 136 valence electrons. The maximum Gasteiger partial charge on any atom is 0.411 e. The van der Waals surface area contributed by atoms with E-state index in [0.717, 1.165) is 12.8 Å². The van der Waals surface area contributed by atoms with Gasteiger partial charge in [0.1, 0.15) is 0 Å². The van der Waals surface area contributed by atoms with Gasteiger partial charge in [-0.05, 0) is 35.4 Å². The fourth-order valence-corrected chi connectivity index (χ4v) is 3.21. The zero-order valence-corrected chi connectivity index (χ0v) is 14.2. The molecule has 1 amide bonds. The van der Waals surface area contributed by atoms with Crippen LogP contribution in [0.5, 0.6) is 0 Å². The van der Waals surface area contributed by atoms with E-state index in [1.165, 1.54) is 16.7 Å². The number of nitrogens with zero attached hydrogens (tertiary/aromatic N) is 2. The van der Waals surface area contributed by atoms with Gasteiger partial charge in [0.15, 0.2) is 0 Å². The number of ether oxygens (including phenoxy) is 1. The number of hydrogen-bond acceptors (Lipinski definition) is 5. The number of benzene rings is 2. The molecular weight excluding hydrogens is 336 g/mol. The topological polar surface area (TPSA) is 81.9 Å². The molecule has 1 fully saturated rings. The summed E-state index contributed by atoms with van der Waals surface area (Å²) in [6.07, 6.45) is 1.07. The second-order valence-corrected chi connectivity index (χ2v) is 6.13. The first-order valence-corrected chi connectivity index (χ1v) is 8.48. The molecule has 1 aliphatic heterocycles. The van der Waals surface area contributed by atoms with Crippen molar-refractivity contribution in [3.8, 4) is 11.1 Å². The average molecular weight is 356 g/mol. The Labute approximate surface area is 151 Å². The molecule has 7 heteroatoms. The monoisotopic (exact) mass is 356 g/mol. The Bertz CT molecular complexity index is 758. The molecule has 0 N–H and O–H groups in total. The number of carbonyl (C=O) groups is 1. The van der Waals surface area contributed by atoms with E-state index in [4.69, 9.17) is 4.74 Å². The van der Waals surface area contributed by atoms with Crippen LogP contribution in [0.3, 0.4) is 0 Å². The number of likely N-dealkylation sites (tertiary alicyclic amines) is 1. The lowest BCUT2D eigenvalue weighted by Crippen LogP contribution is -2.38. The van der Waals surface area contributed by atoms with Gasteiger partial charge in [0, 0.05) is 13.1 Å². The lowest BCUT2D eigenvalue weighted by Gasteiger charge is -2.31. The van der Waals surface area contributed by atoms with Gasteiger partial charge in [0.2, 0.25) is 6.79 Å². The van der Waals surface area contributed by atoms with Gasteiger partial charge in [-0.1, -0.05) is 54.6 Å². The number of carbonyl (C=O) groups excluding carboxylic acids is 1. The summed E-state index contributed by atoms with van der Waals surface area (Å²) in [5, 5.41) is 9.08. The summed E-state index contributed by atoms with van der Waals surface area (Å²) in [6, 6.07) is 18.7. The van der Waals surface area contributed by atoms with Gasteiger partial charge in [-0.2, -0.15) is 0 Å². The molecule has 0 aromatic heterocycles. The fourth-order valence-electron chi connectivity index (χ4n) is 3.21. The highest BCUT2D eigenvalue weighted by Crippen LogP contribution is 2.31. The van der Waals surface area contributed by atoms with Crippen molar-refractivity contribution in [2.45, 2.75) is 18.8 Å². The summed E-state index contributed by atoms with van der Waals surface area (Å²) in [5.74, 6) is 0.373. The van der Waals surface area contributed by atoms with Crippen LogP contribution in [0.15, 0.2) is 54.6 Å². The molecule has 0 saturated carbocycles. The Morgan fingerprint density at radius 2 is 1.77 bits per heavy atom. The summed E-state index contributed by atoms with van der Waals surface area (Å²) in [7, 11) is 0. The highest BCUT2D eigenvalue weighted by molar-refractivity contribution is 5.67. The van der Waals surface area contributed by atoms with E-state index in [-0.39, 0.29) is 0 Å². The standard InChI is InChI=1S/C19H20N2O5/c22-19(25-14-26-21(23)24)20-11-9-16(10-12-20)18-8-4-7-17(13-18)15-5-2-1-3-6-15/h1-8,13,16H,9-12,14H2. The molecule has 7 nitrogen and oxygen atoms in total. The highest BCUT2D eigenvalue weighted by Gasteiger charge is 2.25. The minimum absolute atomic E-state index is 0.373. The molecule has 0 atom stereocenters. The molecule has 2 aromatic rings. The molecule has 0 spiro atoms. The number of piperidine rings is 1. The van der Waals surface area contributed by atoms with E-state index < -0.39 is 18.0 Å². The van der Waals surface area contributed by atoms with E-state index >= 15 is 0 Å². The van der Waals surface area contributed by atoms with Gasteiger partial charge in [0.05, 0.1) is 0 Å². The first-order chi connectivity index (χ1) is 12.6. The Morgan fingerprint density at radius 1 is 1.08 bits per heavy atom. The predicted molar refractivity (Wildman–Crippen MR) is 94.9 cm³/mol. The van der Waals surface area contributed by atoms with Gasteiger partial charge < -0.3 is 9.64 Å². The largest absolute Gasteiger partial charge is 0.422 e. The van der Waals surface area contributed by atoms with Crippen LogP contribution >= 0.6 is 0 Å². The quantitative estimate of drug-likeness (QED) is 0.462. The lowest BCUT2D eigenvalue weighted by atomic mass is 9.88. The van der Waals surface area contributed by atoms with E-state index in [0.29, 0.717) is 19.0 Å². The number of hydrogen-bond donors (Lipinski definition) is 0. The summed E-state index contributed by atoms with van der Waals surface area (Å²) in [6.45, 7) is 0.430. The first kappa shape index (κ1) is 17.7. The van der Waals surface area contributed by atoms with E-state index in [1.54, 1.807) is 4.90 Å². The number of amides is 1. The van der Waals surface area contributed by atoms with Crippen molar-refractivity contribution in [2.24, 2.45) is 0 Å². The summed E-state index contributed by atoms with van der Waals surface area (Å²) >= 11 is 0. The minimum atomic E-state index is -0.987. The minimum Gasteiger partial charge on any atom is -0.422 e. The van der Waals surface area contributed by atoms with Crippen molar-refractivity contribution in [1.29, 1.82) is 0 Å². The molecule has 0 aliphatic carbocycles. The second-order valence-electron chi connectivity index (χ2n) is 6.13. The van der Waals surface area contributed by atoms with Crippen molar-refractivity contribution in [3.63, 3.8) is 0 Å². The summed E-state index contributed by atoms with van der Waals surface area (Å²) in [4.78, 5) is 27.5. The van der Waals surface area contributed by atoms with E-state index in [9.17, 15) is 14.9 Å². The van der Waals surface area contributed by atoms with Crippen molar-refractivity contribution in [3.05, 3.63) is 70.3 Å². The Morgan fingerprint density at radius 3 is 2.46 bits per heavy atom. The van der Waals surface area contributed by atoms with Crippen LogP contribution in [0.4, 0.5) is 4.79 Å². The molecule has 26 heavy (non-hydrogen) atoms. The summed E-state index contributed by atoms with van der Waals surface area (Å²) in [5.41, 5.74) is 3.62. The molecular formula is C19H20N2O5. The van der Waals surface area contributed by atoms with E-state index in [1.807, 2.05) is 18.2 Å². The van der Waals surface area contributed by atoms with Crippen molar-refractivity contribution >= 4 is 6.09 Å². The van der Waals surface area contributed by atoms with E-state index in [2.05, 4.69) is 41.2 Å². The zero-order chi connectivity index (χ0) is 18.4. The molecule has 1 aliphatic rings. The third-order valence-corrected chi connectivity index (χ3v) is 4.56. The summed E-state index contributed by atoms with van der Waals surface area (Å²) < 4.78 is 4.73. The lowest BCUT2D eigenvalue weighted by molar-refractivity contribution is -0.765. The third kappa shape index (κ3) is 4.50. The van der Waals surface area contributed by atoms with Crippen LogP contribution < -0.4 is 0 Å². The smallest absolute Gasteiger partial charge is 0.411 e. The van der Waals surface area contributed by atoms with Crippen LogP contribution in [0.2, 0.25) is 0 Å². The molecule has 1 heterocycles. The Hall–Kier alpha value is -3.09. The van der Waals surface area contributed by atoms with Gasteiger partial charge in [-0.15, -0.1) is 10.1 Å². The first-order valence-electron chi connectivity index (χ1n) is 8.48. The van der Waals surface area contributed by atoms with Gasteiger partial charge >= 0.3 is 6.09 Å². The average Bonchev–Trinajstić information content (AvgIpc) is 2.68. The van der Waals surface area contributed by atoms with Crippen molar-refractivity contribution in [1.82, 2.24) is 4.90 Å². The maximum atomic E-state index is 11.9. The van der Waals surface area contributed by atoms with Crippen molar-refractivity contribution < 1.29 is 19.5 Å². The van der Waals surface area contributed by atoms with Crippen molar-refractivity contribution in [2.75, 3.05) is 19.9 Å². The maximum absolute atomic E-state index is 11.9. The van der Waals surface area contributed by atoms with Crippen LogP contribution in [0.1, 0.15) is 24.3 Å². The molecule has 0 unspecified atom stereocenters. The fraction of sp³-hybridized carbons (Fsp3) is 0.316. The highest BCUT2D eigenvalue weighted by atomic mass is 17.0. The van der Waals surface area contributed by atoms with Gasteiger partial charge in [0.25, 0.3) is 5.09 Å². The van der Waals surface area contributed by atoms with Gasteiger partial charge in [-0.3, -0.25) is 4.84 Å². The molecule has 2 aromatic carbocycles. The molecule has 3 rings (SSSR count). The Balaban J connectivity index is 1.57. The number of rotatable bonds is 5. The second kappa shape index (κ2) is 8.33. The molecule has 1 saturated heterocycles. The molecule has 0 bridgehead atoms. The predicted octanol–water partition coefficient (Wildman–Crippen LogP) is 3.84. The van der Waals surface area contributed by atoms with Gasteiger partial charge in [-0.25, -0.2) is 4.79 Å². The third-order valence-electron chi connectivity index (χ3n) is 4.56. The Kier molecular flexibility index (Phi) is 5.68. The van der Waals surface area contributed by atoms with Crippen LogP contribution in [0, 0.1) is 10.1 Å². The SMILES string of the molecule is O=C(OCO[N+](=O)[O-])N1CCC(c2cccc(-c3ccccc3)c2)CC1. The molecule has 0 radical (unpaired) electrons. The zero-order valence-electron chi connectivity index (χ0n) is 14.2. The van der Waals surface area contributed by atoms with Crippen LogP contribution in [-0.4, -0.2) is 36.0 Å². The van der Waals surface area contributed by atoms with Crippen LogP contribution in [-0.2, 0) is 9.57 Å². The van der Waals surface area contributed by atoms with Crippen LogP contribution in [0.25, 0.3) is 11.1 Å².